The minimum absolute atomic E-state index is 0.199. The number of hydrogen-bond acceptors (Lipinski definition) is 3. The van der Waals surface area contributed by atoms with Crippen molar-refractivity contribution in [1.82, 2.24) is 10.6 Å². The van der Waals surface area contributed by atoms with E-state index >= 15 is 0 Å². The second-order valence-electron chi connectivity index (χ2n) is 5.36. The van der Waals surface area contributed by atoms with Gasteiger partial charge in [0.2, 0.25) is 5.91 Å². The van der Waals surface area contributed by atoms with Crippen molar-refractivity contribution in [1.29, 1.82) is 0 Å². The topological polar surface area (TPSA) is 96.2 Å². The Hall–Kier alpha value is -2.08. The molecular formula is C15H24N4O2. The number of benzene rings is 1. The molecule has 0 aliphatic carbocycles. The highest BCUT2D eigenvalue weighted by Gasteiger charge is 2.15. The number of hydrogen-bond donors (Lipinski definition) is 4. The molecule has 1 atom stereocenters. The predicted octanol–water partition coefficient (Wildman–Crippen LogP) is 1.43. The van der Waals surface area contributed by atoms with Gasteiger partial charge in [-0.1, -0.05) is 26.0 Å². The van der Waals surface area contributed by atoms with E-state index in [1.165, 1.54) is 0 Å². The molecule has 0 bridgehead atoms. The molecule has 0 aromatic heterocycles. The lowest BCUT2D eigenvalue weighted by molar-refractivity contribution is -0.122. The second-order valence-corrected chi connectivity index (χ2v) is 5.36. The highest BCUT2D eigenvalue weighted by atomic mass is 16.2. The third-order valence-corrected chi connectivity index (χ3v) is 2.85. The van der Waals surface area contributed by atoms with Gasteiger partial charge in [-0.15, -0.1) is 0 Å². The maximum absolute atomic E-state index is 11.8. The number of carbonyl (C=O) groups is 2. The number of anilines is 1. The van der Waals surface area contributed by atoms with Crippen LogP contribution >= 0.6 is 0 Å². The van der Waals surface area contributed by atoms with Crippen LogP contribution in [0.2, 0.25) is 0 Å². The summed E-state index contributed by atoms with van der Waals surface area (Å²) in [6.07, 6.45) is 0. The van der Waals surface area contributed by atoms with E-state index < -0.39 is 12.1 Å². The van der Waals surface area contributed by atoms with Crippen LogP contribution in [0.3, 0.4) is 0 Å². The molecule has 0 spiro atoms. The summed E-state index contributed by atoms with van der Waals surface area (Å²) in [6, 6.07) is 6.24. The summed E-state index contributed by atoms with van der Waals surface area (Å²) in [5.74, 6) is 0.170. The van der Waals surface area contributed by atoms with Gasteiger partial charge >= 0.3 is 6.03 Å². The number of amides is 3. The zero-order valence-electron chi connectivity index (χ0n) is 12.8. The van der Waals surface area contributed by atoms with Crippen LogP contribution in [0.1, 0.15) is 26.3 Å². The second kappa shape index (κ2) is 8.26. The molecule has 1 unspecified atom stereocenters. The molecule has 1 rings (SSSR count). The van der Waals surface area contributed by atoms with Crippen LogP contribution in [0.4, 0.5) is 10.5 Å². The van der Waals surface area contributed by atoms with Crippen molar-refractivity contribution in [2.24, 2.45) is 11.7 Å². The number of carbonyl (C=O) groups excluding carboxylic acids is 2. The number of nitrogens with one attached hydrogen (secondary N) is 3. The Morgan fingerprint density at radius 1 is 1.24 bits per heavy atom. The first-order valence-corrected chi connectivity index (χ1v) is 7.06. The zero-order chi connectivity index (χ0) is 15.8. The molecule has 116 valence electrons. The average Bonchev–Trinajstić information content (AvgIpc) is 2.44. The Bertz CT molecular complexity index is 488. The van der Waals surface area contributed by atoms with E-state index in [0.29, 0.717) is 24.7 Å². The van der Waals surface area contributed by atoms with E-state index in [4.69, 9.17) is 5.73 Å². The Kier molecular flexibility index (Phi) is 6.68. The van der Waals surface area contributed by atoms with Crippen molar-refractivity contribution in [2.45, 2.75) is 33.4 Å². The van der Waals surface area contributed by atoms with E-state index in [9.17, 15) is 9.59 Å². The Balaban J connectivity index is 2.47. The van der Waals surface area contributed by atoms with Crippen LogP contribution in [0, 0.1) is 5.92 Å². The van der Waals surface area contributed by atoms with Crippen molar-refractivity contribution in [3.63, 3.8) is 0 Å². The number of urea groups is 1. The van der Waals surface area contributed by atoms with Gasteiger partial charge in [0.15, 0.2) is 0 Å². The molecule has 0 fully saturated rings. The Labute approximate surface area is 125 Å². The summed E-state index contributed by atoms with van der Waals surface area (Å²) in [4.78, 5) is 23.6. The lowest BCUT2D eigenvalue weighted by Crippen LogP contribution is -2.47. The molecule has 6 nitrogen and oxygen atoms in total. The molecule has 0 saturated carbocycles. The highest BCUT2D eigenvalue weighted by Crippen LogP contribution is 2.09. The van der Waals surface area contributed by atoms with Gasteiger partial charge in [0, 0.05) is 18.8 Å². The van der Waals surface area contributed by atoms with Crippen LogP contribution in [0.15, 0.2) is 24.3 Å². The predicted molar refractivity (Wildman–Crippen MR) is 83.8 cm³/mol. The van der Waals surface area contributed by atoms with Crippen LogP contribution in [0.5, 0.6) is 0 Å². The summed E-state index contributed by atoms with van der Waals surface area (Å²) in [6.45, 7) is 6.66. The highest BCUT2D eigenvalue weighted by molar-refractivity contribution is 5.93. The quantitative estimate of drug-likeness (QED) is 0.638. The lowest BCUT2D eigenvalue weighted by atomic mass is 10.2. The molecule has 1 aromatic carbocycles. The van der Waals surface area contributed by atoms with Gasteiger partial charge in [0.05, 0.1) is 0 Å². The minimum atomic E-state index is -0.596. The van der Waals surface area contributed by atoms with Crippen LogP contribution in [-0.2, 0) is 11.3 Å². The molecule has 0 saturated heterocycles. The summed E-state index contributed by atoms with van der Waals surface area (Å²) in [7, 11) is 0. The van der Waals surface area contributed by atoms with Crippen molar-refractivity contribution >= 4 is 17.6 Å². The van der Waals surface area contributed by atoms with Gasteiger partial charge in [-0.3, -0.25) is 4.79 Å². The van der Waals surface area contributed by atoms with Crippen LogP contribution in [-0.4, -0.2) is 24.5 Å². The average molecular weight is 292 g/mol. The zero-order valence-corrected chi connectivity index (χ0v) is 12.8. The molecule has 3 amide bonds. The van der Waals surface area contributed by atoms with Gasteiger partial charge in [0.25, 0.3) is 0 Å². The van der Waals surface area contributed by atoms with Gasteiger partial charge < -0.3 is 21.7 Å². The first kappa shape index (κ1) is 17.0. The monoisotopic (exact) mass is 292 g/mol. The Morgan fingerprint density at radius 2 is 1.95 bits per heavy atom. The lowest BCUT2D eigenvalue weighted by Gasteiger charge is -2.16. The maximum Gasteiger partial charge on any atom is 0.319 e. The van der Waals surface area contributed by atoms with Gasteiger partial charge in [-0.05, 0) is 30.5 Å². The summed E-state index contributed by atoms with van der Waals surface area (Å²) in [5, 5.41) is 8.05. The van der Waals surface area contributed by atoms with E-state index in [1.807, 2.05) is 26.0 Å². The largest absolute Gasteiger partial charge is 0.354 e. The molecule has 0 heterocycles. The summed E-state index contributed by atoms with van der Waals surface area (Å²) in [5.41, 5.74) is 7.12. The standard InChI is InChI=1S/C15H24N4O2/c1-10(2)9-17-14(20)11(3)18-15(21)19-13-6-4-5-12(7-13)8-16/h4-7,10-11H,8-9,16H2,1-3H3,(H,17,20)(H2,18,19,21). The molecule has 1 aromatic rings. The van der Waals surface area contributed by atoms with Crippen molar-refractivity contribution in [3.8, 4) is 0 Å². The van der Waals surface area contributed by atoms with E-state index in [2.05, 4.69) is 16.0 Å². The van der Waals surface area contributed by atoms with Crippen LogP contribution < -0.4 is 21.7 Å². The molecule has 21 heavy (non-hydrogen) atoms. The minimum Gasteiger partial charge on any atom is -0.354 e. The van der Waals surface area contributed by atoms with Crippen LogP contribution in [0.25, 0.3) is 0 Å². The van der Waals surface area contributed by atoms with E-state index in [-0.39, 0.29) is 5.91 Å². The fourth-order valence-corrected chi connectivity index (χ4v) is 1.66. The summed E-state index contributed by atoms with van der Waals surface area (Å²) < 4.78 is 0. The Morgan fingerprint density at radius 3 is 2.57 bits per heavy atom. The van der Waals surface area contributed by atoms with Gasteiger partial charge in [-0.25, -0.2) is 4.79 Å². The van der Waals surface area contributed by atoms with Gasteiger partial charge in [-0.2, -0.15) is 0 Å². The fourth-order valence-electron chi connectivity index (χ4n) is 1.66. The molecule has 6 heteroatoms. The number of nitrogens with two attached hydrogens (primary N) is 1. The van der Waals surface area contributed by atoms with Gasteiger partial charge in [0.1, 0.15) is 6.04 Å². The number of rotatable bonds is 6. The molecule has 0 aliphatic heterocycles. The first-order chi connectivity index (χ1) is 9.92. The van der Waals surface area contributed by atoms with Crippen molar-refractivity contribution in [3.05, 3.63) is 29.8 Å². The molecule has 5 N–H and O–H groups in total. The normalized spacial score (nSPS) is 11.9. The third kappa shape index (κ3) is 6.27. The summed E-state index contributed by atoms with van der Waals surface area (Å²) >= 11 is 0. The smallest absolute Gasteiger partial charge is 0.319 e. The maximum atomic E-state index is 11.8. The molecule has 0 aliphatic rings. The first-order valence-electron chi connectivity index (χ1n) is 7.06. The van der Waals surface area contributed by atoms with Crippen molar-refractivity contribution in [2.75, 3.05) is 11.9 Å². The fraction of sp³-hybridized carbons (Fsp3) is 0.467. The third-order valence-electron chi connectivity index (χ3n) is 2.85. The van der Waals surface area contributed by atoms with E-state index in [1.54, 1.807) is 19.1 Å². The van der Waals surface area contributed by atoms with E-state index in [0.717, 1.165) is 5.56 Å². The van der Waals surface area contributed by atoms with Crippen molar-refractivity contribution < 1.29 is 9.59 Å². The molecular weight excluding hydrogens is 268 g/mol. The molecule has 0 radical (unpaired) electrons. The SMILES string of the molecule is CC(C)CNC(=O)C(C)NC(=O)Nc1cccc(CN)c1.